The molecule has 1 atom stereocenters. The number of rotatable bonds is 13. The van der Waals surface area contributed by atoms with Crippen LogP contribution in [0.25, 0.3) is 0 Å². The number of nitrogens with one attached hydrogen (secondary N) is 1. The molecular formula is C37H40ClN3O5S. The summed E-state index contributed by atoms with van der Waals surface area (Å²) in [7, 11) is -4.19. The Morgan fingerprint density at radius 2 is 1.49 bits per heavy atom. The van der Waals surface area contributed by atoms with Gasteiger partial charge in [0.25, 0.3) is 10.0 Å². The third kappa shape index (κ3) is 8.73. The highest BCUT2D eigenvalue weighted by atomic mass is 35.5. The van der Waals surface area contributed by atoms with Crippen molar-refractivity contribution in [1.82, 2.24) is 10.2 Å². The normalized spacial score (nSPS) is 13.9. The summed E-state index contributed by atoms with van der Waals surface area (Å²) in [5.74, 6) is 0.405. The zero-order chi connectivity index (χ0) is 33.4. The molecule has 0 heterocycles. The topological polar surface area (TPSA) is 96.0 Å². The van der Waals surface area contributed by atoms with Gasteiger partial charge in [0, 0.05) is 17.6 Å². The molecule has 47 heavy (non-hydrogen) atoms. The Morgan fingerprint density at radius 3 is 2.11 bits per heavy atom. The Balaban J connectivity index is 1.49. The minimum Gasteiger partial charge on any atom is -0.457 e. The number of ether oxygens (including phenoxy) is 1. The van der Waals surface area contributed by atoms with Crippen molar-refractivity contribution in [1.29, 1.82) is 0 Å². The van der Waals surface area contributed by atoms with Gasteiger partial charge in [0.15, 0.2) is 0 Å². The summed E-state index contributed by atoms with van der Waals surface area (Å²) in [5, 5.41) is 3.68. The molecule has 1 aliphatic rings. The lowest BCUT2D eigenvalue weighted by atomic mass is 10.1. The maximum atomic E-state index is 14.4. The summed E-state index contributed by atoms with van der Waals surface area (Å²) in [5.41, 5.74) is 1.96. The van der Waals surface area contributed by atoms with Gasteiger partial charge in [-0.25, -0.2) is 8.42 Å². The van der Waals surface area contributed by atoms with Gasteiger partial charge < -0.3 is 15.0 Å². The van der Waals surface area contributed by atoms with Crippen molar-refractivity contribution >= 4 is 39.1 Å². The molecule has 1 aliphatic carbocycles. The number of aryl methyl sites for hydroxylation is 1. The number of para-hydroxylation sites is 1. The van der Waals surface area contributed by atoms with Crippen LogP contribution in [0.5, 0.6) is 11.5 Å². The highest BCUT2D eigenvalue weighted by molar-refractivity contribution is 7.92. The lowest BCUT2D eigenvalue weighted by Crippen LogP contribution is -2.53. The number of benzene rings is 4. The average Bonchev–Trinajstić information content (AvgIpc) is 3.58. The average molecular weight is 674 g/mol. The number of anilines is 1. The molecule has 0 bridgehead atoms. The molecule has 10 heteroatoms. The van der Waals surface area contributed by atoms with Crippen LogP contribution in [0, 0.1) is 6.92 Å². The summed E-state index contributed by atoms with van der Waals surface area (Å²) in [6.07, 6.45) is 4.26. The minimum atomic E-state index is -4.19. The first-order valence-corrected chi connectivity index (χ1v) is 17.7. The molecule has 0 aromatic heterocycles. The SMILES string of the molecule is CCC(C(=O)NC1CCCC1)N(Cc1ccc(Cl)cc1)C(=O)CN(c1ccc(Oc2ccccc2)cc1)S(=O)(=O)c1ccc(C)cc1. The van der Waals surface area contributed by atoms with Gasteiger partial charge in [-0.05, 0) is 92.4 Å². The quantitative estimate of drug-likeness (QED) is 0.159. The second-order valence-electron chi connectivity index (χ2n) is 11.8. The first kappa shape index (κ1) is 34.0. The van der Waals surface area contributed by atoms with E-state index in [1.54, 1.807) is 60.7 Å². The molecule has 1 unspecified atom stereocenters. The number of hydrogen-bond acceptors (Lipinski definition) is 5. The van der Waals surface area contributed by atoms with Crippen molar-refractivity contribution in [3.8, 4) is 11.5 Å². The third-order valence-electron chi connectivity index (χ3n) is 8.35. The van der Waals surface area contributed by atoms with Crippen molar-refractivity contribution in [2.45, 2.75) is 69.5 Å². The lowest BCUT2D eigenvalue weighted by molar-refractivity contribution is -0.140. The van der Waals surface area contributed by atoms with Gasteiger partial charge in [0.05, 0.1) is 10.6 Å². The second-order valence-corrected chi connectivity index (χ2v) is 14.1. The van der Waals surface area contributed by atoms with Gasteiger partial charge in [-0.15, -0.1) is 0 Å². The fourth-order valence-electron chi connectivity index (χ4n) is 5.74. The van der Waals surface area contributed by atoms with E-state index in [2.05, 4.69) is 5.32 Å². The number of amides is 2. The van der Waals surface area contributed by atoms with Crippen molar-refractivity contribution in [3.63, 3.8) is 0 Å². The molecule has 1 fully saturated rings. The standard InChI is InChI=1S/C37H40ClN3O5S/c1-3-35(37(43)39-30-9-7-8-10-30)40(25-28-15-17-29(38)18-16-28)36(42)26-41(47(44,45)34-23-13-27(2)14-24-34)31-19-21-33(22-20-31)46-32-11-5-4-6-12-32/h4-6,11-24,30,35H,3,7-10,25-26H2,1-2H3,(H,39,43). The summed E-state index contributed by atoms with van der Waals surface area (Å²) < 4.78 is 35.4. The Bertz CT molecular complexity index is 1740. The van der Waals surface area contributed by atoms with Crippen LogP contribution in [0.1, 0.15) is 50.2 Å². The first-order chi connectivity index (χ1) is 22.6. The van der Waals surface area contributed by atoms with Crippen molar-refractivity contribution in [2.75, 3.05) is 10.8 Å². The van der Waals surface area contributed by atoms with Crippen molar-refractivity contribution in [3.05, 3.63) is 119 Å². The monoisotopic (exact) mass is 673 g/mol. The smallest absolute Gasteiger partial charge is 0.264 e. The van der Waals surface area contributed by atoms with Gasteiger partial charge in [-0.1, -0.05) is 79.4 Å². The first-order valence-electron chi connectivity index (χ1n) is 15.9. The van der Waals surface area contributed by atoms with E-state index < -0.39 is 28.5 Å². The predicted octanol–water partition coefficient (Wildman–Crippen LogP) is 7.50. The highest BCUT2D eigenvalue weighted by Gasteiger charge is 2.34. The molecular weight excluding hydrogens is 634 g/mol. The van der Waals surface area contributed by atoms with E-state index in [-0.39, 0.29) is 29.1 Å². The van der Waals surface area contributed by atoms with Crippen LogP contribution in [0.4, 0.5) is 5.69 Å². The van der Waals surface area contributed by atoms with E-state index in [1.165, 1.54) is 17.0 Å². The maximum absolute atomic E-state index is 14.4. The van der Waals surface area contributed by atoms with Crippen LogP contribution in [-0.2, 0) is 26.2 Å². The van der Waals surface area contributed by atoms with Crippen LogP contribution in [0.2, 0.25) is 5.02 Å². The molecule has 4 aromatic carbocycles. The van der Waals surface area contributed by atoms with Crippen molar-refractivity contribution < 1.29 is 22.7 Å². The Kier molecular flexibility index (Phi) is 11.2. The summed E-state index contributed by atoms with van der Waals surface area (Å²) in [6.45, 7) is 3.32. The van der Waals surface area contributed by atoms with Crippen LogP contribution in [0.3, 0.4) is 0 Å². The highest BCUT2D eigenvalue weighted by Crippen LogP contribution is 2.29. The van der Waals surface area contributed by atoms with E-state index in [1.807, 2.05) is 44.2 Å². The fourth-order valence-corrected chi connectivity index (χ4v) is 7.28. The molecule has 246 valence electrons. The van der Waals surface area contributed by atoms with Crippen LogP contribution in [0.15, 0.2) is 108 Å². The molecule has 8 nitrogen and oxygen atoms in total. The molecule has 4 aromatic rings. The number of carbonyl (C=O) groups excluding carboxylic acids is 2. The lowest BCUT2D eigenvalue weighted by Gasteiger charge is -2.33. The summed E-state index contributed by atoms with van der Waals surface area (Å²) in [6, 6.07) is 28.6. The van der Waals surface area contributed by atoms with Crippen LogP contribution < -0.4 is 14.4 Å². The van der Waals surface area contributed by atoms with Gasteiger partial charge >= 0.3 is 0 Å². The Morgan fingerprint density at radius 1 is 0.872 bits per heavy atom. The largest absolute Gasteiger partial charge is 0.457 e. The van der Waals surface area contributed by atoms with Gasteiger partial charge in [-0.2, -0.15) is 0 Å². The molecule has 0 saturated heterocycles. The van der Waals surface area contributed by atoms with Crippen LogP contribution in [-0.4, -0.2) is 43.8 Å². The fraction of sp³-hybridized carbons (Fsp3) is 0.297. The molecule has 5 rings (SSSR count). The van der Waals surface area contributed by atoms with Gasteiger partial charge in [0.1, 0.15) is 24.1 Å². The number of nitrogens with zero attached hydrogens (tertiary/aromatic N) is 2. The minimum absolute atomic E-state index is 0.0516. The molecule has 1 N–H and O–H groups in total. The van der Waals surface area contributed by atoms with Crippen LogP contribution >= 0.6 is 11.6 Å². The van der Waals surface area contributed by atoms with Gasteiger partial charge in [-0.3, -0.25) is 13.9 Å². The zero-order valence-corrected chi connectivity index (χ0v) is 28.2. The maximum Gasteiger partial charge on any atom is 0.264 e. The number of hydrogen-bond donors (Lipinski definition) is 1. The molecule has 1 saturated carbocycles. The molecule has 2 amide bonds. The number of halogens is 1. The second kappa shape index (κ2) is 15.5. The summed E-state index contributed by atoms with van der Waals surface area (Å²) in [4.78, 5) is 29.5. The Labute approximate surface area is 282 Å². The van der Waals surface area contributed by atoms with Crippen molar-refractivity contribution in [2.24, 2.45) is 0 Å². The molecule has 0 spiro atoms. The van der Waals surface area contributed by atoms with E-state index in [4.69, 9.17) is 16.3 Å². The molecule has 0 radical (unpaired) electrons. The number of sulfonamides is 1. The molecule has 0 aliphatic heterocycles. The van der Waals surface area contributed by atoms with E-state index in [0.29, 0.717) is 22.9 Å². The van der Waals surface area contributed by atoms with Gasteiger partial charge in [0.2, 0.25) is 11.8 Å². The summed E-state index contributed by atoms with van der Waals surface area (Å²) >= 11 is 6.13. The van der Waals surface area contributed by atoms with E-state index >= 15 is 0 Å². The zero-order valence-electron chi connectivity index (χ0n) is 26.6. The van der Waals surface area contributed by atoms with E-state index in [0.717, 1.165) is 41.1 Å². The van der Waals surface area contributed by atoms with E-state index in [9.17, 15) is 18.0 Å². The Hall–Kier alpha value is -4.34. The number of carbonyl (C=O) groups is 2. The third-order valence-corrected chi connectivity index (χ3v) is 10.4. The predicted molar refractivity (Wildman–Crippen MR) is 185 cm³/mol.